The van der Waals surface area contributed by atoms with Crippen molar-refractivity contribution in [3.63, 3.8) is 0 Å². The van der Waals surface area contributed by atoms with Crippen LogP contribution in [0.2, 0.25) is 0 Å². The normalized spacial score (nSPS) is 16.8. The molecular formula is C13H16N2O2. The van der Waals surface area contributed by atoms with Gasteiger partial charge in [-0.1, -0.05) is 6.42 Å². The lowest BCUT2D eigenvalue weighted by atomic mass is 9.67. The van der Waals surface area contributed by atoms with E-state index in [1.807, 2.05) is 0 Å². The molecule has 4 nitrogen and oxygen atoms in total. The molecule has 0 spiro atoms. The molecule has 1 aliphatic carbocycles. The summed E-state index contributed by atoms with van der Waals surface area (Å²) in [5.41, 5.74) is 0.570. The zero-order valence-corrected chi connectivity index (χ0v) is 10.2. The Kier molecular flexibility index (Phi) is 3.19. The highest BCUT2D eigenvalue weighted by Crippen LogP contribution is 2.45. The van der Waals surface area contributed by atoms with Gasteiger partial charge in [-0.25, -0.2) is 0 Å². The van der Waals surface area contributed by atoms with Crippen molar-refractivity contribution in [1.82, 2.24) is 4.98 Å². The summed E-state index contributed by atoms with van der Waals surface area (Å²) in [5.74, 6) is 1.32. The maximum atomic E-state index is 9.24. The van der Waals surface area contributed by atoms with E-state index in [-0.39, 0.29) is 5.41 Å². The average Bonchev–Trinajstić information content (AvgIpc) is 2.33. The van der Waals surface area contributed by atoms with Crippen LogP contribution >= 0.6 is 0 Å². The Bertz CT molecular complexity index is 447. The van der Waals surface area contributed by atoms with E-state index in [9.17, 15) is 5.26 Å². The van der Waals surface area contributed by atoms with Crippen molar-refractivity contribution < 1.29 is 9.47 Å². The highest BCUT2D eigenvalue weighted by molar-refractivity contribution is 5.43. The summed E-state index contributed by atoms with van der Waals surface area (Å²) < 4.78 is 10.6. The Morgan fingerprint density at radius 3 is 2.65 bits per heavy atom. The van der Waals surface area contributed by atoms with Gasteiger partial charge in [-0.05, 0) is 12.8 Å². The van der Waals surface area contributed by atoms with Gasteiger partial charge in [0.05, 0.1) is 31.4 Å². The fourth-order valence-corrected chi connectivity index (χ4v) is 2.23. The lowest BCUT2D eigenvalue weighted by Crippen LogP contribution is -2.30. The van der Waals surface area contributed by atoms with Crippen LogP contribution in [0.1, 0.15) is 25.0 Å². The van der Waals surface area contributed by atoms with Gasteiger partial charge in [0.15, 0.2) is 11.5 Å². The number of nitrogens with zero attached hydrogens (tertiary/aromatic N) is 2. The van der Waals surface area contributed by atoms with E-state index in [0.717, 1.165) is 25.0 Å². The van der Waals surface area contributed by atoms with Gasteiger partial charge in [0.25, 0.3) is 0 Å². The van der Waals surface area contributed by atoms with E-state index in [4.69, 9.17) is 9.47 Å². The molecule has 0 atom stereocenters. The second kappa shape index (κ2) is 4.62. The second-order valence-electron chi connectivity index (χ2n) is 4.42. The molecule has 0 N–H and O–H groups in total. The third-order valence-corrected chi connectivity index (χ3v) is 3.42. The number of hydrogen-bond donors (Lipinski definition) is 0. The SMILES string of the molecule is COc1ccnc(CC2(C#N)CCC2)c1OC. The molecular weight excluding hydrogens is 216 g/mol. The number of rotatable bonds is 4. The molecule has 1 aliphatic rings. The third-order valence-electron chi connectivity index (χ3n) is 3.42. The maximum Gasteiger partial charge on any atom is 0.182 e. The molecule has 0 aromatic carbocycles. The quantitative estimate of drug-likeness (QED) is 0.799. The standard InChI is InChI=1S/C13H16N2O2/c1-16-11-4-7-15-10(12(11)17-2)8-13(9-14)5-3-6-13/h4,7H,3,5-6,8H2,1-2H3. The molecule has 90 valence electrons. The van der Waals surface area contributed by atoms with Crippen molar-refractivity contribution in [3.8, 4) is 17.6 Å². The predicted octanol–water partition coefficient (Wildman–Crippen LogP) is 2.34. The van der Waals surface area contributed by atoms with Crippen LogP contribution in [0, 0.1) is 16.7 Å². The van der Waals surface area contributed by atoms with Crippen LogP contribution in [-0.2, 0) is 6.42 Å². The maximum absolute atomic E-state index is 9.24. The topological polar surface area (TPSA) is 55.1 Å². The summed E-state index contributed by atoms with van der Waals surface area (Å²) in [6.45, 7) is 0. The van der Waals surface area contributed by atoms with Gasteiger partial charge in [-0.2, -0.15) is 5.26 Å². The molecule has 0 saturated heterocycles. The molecule has 1 aromatic heterocycles. The van der Waals surface area contributed by atoms with Gasteiger partial charge in [0.1, 0.15) is 0 Å². The molecule has 1 heterocycles. The van der Waals surface area contributed by atoms with Gasteiger partial charge >= 0.3 is 0 Å². The number of methoxy groups -OCH3 is 2. The van der Waals surface area contributed by atoms with Crippen LogP contribution < -0.4 is 9.47 Å². The lowest BCUT2D eigenvalue weighted by Gasteiger charge is -2.35. The first-order valence-electron chi connectivity index (χ1n) is 5.72. The van der Waals surface area contributed by atoms with E-state index < -0.39 is 0 Å². The molecule has 1 fully saturated rings. The molecule has 0 amide bonds. The third kappa shape index (κ3) is 2.05. The van der Waals surface area contributed by atoms with Crippen LogP contribution in [-0.4, -0.2) is 19.2 Å². The number of hydrogen-bond acceptors (Lipinski definition) is 4. The van der Waals surface area contributed by atoms with E-state index in [1.165, 1.54) is 0 Å². The Labute approximate surface area is 101 Å². The van der Waals surface area contributed by atoms with Gasteiger partial charge in [-0.3, -0.25) is 4.98 Å². The van der Waals surface area contributed by atoms with Crippen LogP contribution in [0.25, 0.3) is 0 Å². The number of aromatic nitrogens is 1. The molecule has 17 heavy (non-hydrogen) atoms. The first kappa shape index (κ1) is 11.7. The summed E-state index contributed by atoms with van der Waals surface area (Å²) in [4.78, 5) is 4.32. The molecule has 2 rings (SSSR count). The average molecular weight is 232 g/mol. The zero-order valence-electron chi connectivity index (χ0n) is 10.2. The van der Waals surface area contributed by atoms with Gasteiger partial charge in [0.2, 0.25) is 0 Å². The highest BCUT2D eigenvalue weighted by atomic mass is 16.5. The van der Waals surface area contributed by atoms with Crippen LogP contribution in [0.5, 0.6) is 11.5 Å². The smallest absolute Gasteiger partial charge is 0.182 e. The summed E-state index contributed by atoms with van der Waals surface area (Å²) in [7, 11) is 3.20. The van der Waals surface area contributed by atoms with Crippen LogP contribution in [0.3, 0.4) is 0 Å². The summed E-state index contributed by atoms with van der Waals surface area (Å²) in [5, 5.41) is 9.24. The summed E-state index contributed by atoms with van der Waals surface area (Å²) in [6.07, 6.45) is 5.36. The van der Waals surface area contributed by atoms with Crippen molar-refractivity contribution in [3.05, 3.63) is 18.0 Å². The lowest BCUT2D eigenvalue weighted by molar-refractivity contribution is 0.209. The minimum Gasteiger partial charge on any atom is -0.493 e. The highest BCUT2D eigenvalue weighted by Gasteiger charge is 2.38. The molecule has 0 bridgehead atoms. The largest absolute Gasteiger partial charge is 0.493 e. The number of ether oxygens (including phenoxy) is 2. The summed E-state index contributed by atoms with van der Waals surface area (Å²) in [6, 6.07) is 4.18. The molecule has 4 heteroatoms. The fraction of sp³-hybridized carbons (Fsp3) is 0.538. The monoisotopic (exact) mass is 232 g/mol. The minimum absolute atomic E-state index is 0.243. The van der Waals surface area contributed by atoms with Crippen molar-refractivity contribution in [1.29, 1.82) is 5.26 Å². The zero-order chi connectivity index (χ0) is 12.3. The van der Waals surface area contributed by atoms with Crippen LogP contribution in [0.15, 0.2) is 12.3 Å². The van der Waals surface area contributed by atoms with Crippen molar-refractivity contribution in [2.75, 3.05) is 14.2 Å². The minimum atomic E-state index is -0.243. The first-order chi connectivity index (χ1) is 8.24. The van der Waals surface area contributed by atoms with Crippen molar-refractivity contribution >= 4 is 0 Å². The molecule has 1 aromatic rings. The first-order valence-corrected chi connectivity index (χ1v) is 5.72. The van der Waals surface area contributed by atoms with Crippen molar-refractivity contribution in [2.24, 2.45) is 5.41 Å². The number of pyridine rings is 1. The van der Waals surface area contributed by atoms with Gasteiger partial charge in [-0.15, -0.1) is 0 Å². The Hall–Kier alpha value is -1.76. The number of nitriles is 1. The van der Waals surface area contributed by atoms with E-state index >= 15 is 0 Å². The molecule has 0 unspecified atom stereocenters. The Balaban J connectivity index is 2.29. The van der Waals surface area contributed by atoms with Crippen LogP contribution in [0.4, 0.5) is 0 Å². The summed E-state index contributed by atoms with van der Waals surface area (Å²) >= 11 is 0. The Morgan fingerprint density at radius 1 is 1.41 bits per heavy atom. The Morgan fingerprint density at radius 2 is 2.18 bits per heavy atom. The molecule has 0 aliphatic heterocycles. The molecule has 1 saturated carbocycles. The van der Waals surface area contributed by atoms with Gasteiger partial charge < -0.3 is 9.47 Å². The fourth-order valence-electron chi connectivity index (χ4n) is 2.23. The van der Waals surface area contributed by atoms with E-state index in [2.05, 4.69) is 11.1 Å². The van der Waals surface area contributed by atoms with Crippen molar-refractivity contribution in [2.45, 2.75) is 25.7 Å². The van der Waals surface area contributed by atoms with E-state index in [0.29, 0.717) is 17.9 Å². The van der Waals surface area contributed by atoms with E-state index in [1.54, 1.807) is 26.5 Å². The predicted molar refractivity (Wildman–Crippen MR) is 62.9 cm³/mol. The van der Waals surface area contributed by atoms with Gasteiger partial charge in [0, 0.05) is 18.7 Å². The molecule has 0 radical (unpaired) electrons. The second-order valence-corrected chi connectivity index (χ2v) is 4.42.